The van der Waals surface area contributed by atoms with Gasteiger partial charge in [0.25, 0.3) is 5.91 Å². The van der Waals surface area contributed by atoms with Gasteiger partial charge in [0.1, 0.15) is 5.01 Å². The fourth-order valence-electron chi connectivity index (χ4n) is 2.19. The molecule has 0 radical (unpaired) electrons. The zero-order valence-electron chi connectivity index (χ0n) is 13.6. The maximum atomic E-state index is 12.1. The van der Waals surface area contributed by atoms with E-state index in [-0.39, 0.29) is 5.91 Å². The molecule has 0 aliphatic rings. The minimum atomic E-state index is -0.420. The molecule has 126 valence electrons. The molecular formula is C19H16N2O3S. The largest absolute Gasteiger partial charge is 0.461 e. The number of amides is 1. The molecular weight excluding hydrogens is 336 g/mol. The van der Waals surface area contributed by atoms with Gasteiger partial charge in [0, 0.05) is 22.2 Å². The van der Waals surface area contributed by atoms with Crippen molar-refractivity contribution in [3.8, 4) is 10.6 Å². The van der Waals surface area contributed by atoms with Crippen LogP contribution in [0, 0.1) is 0 Å². The average molecular weight is 352 g/mol. The van der Waals surface area contributed by atoms with Gasteiger partial charge in [-0.1, -0.05) is 18.2 Å². The number of nitrogens with one attached hydrogen (secondary N) is 1. The molecule has 0 atom stereocenters. The number of carbonyl (C=O) groups is 2. The molecule has 1 amide bonds. The highest BCUT2D eigenvalue weighted by Crippen LogP contribution is 2.25. The highest BCUT2D eigenvalue weighted by molar-refractivity contribution is 7.13. The Morgan fingerprint density at radius 1 is 1.08 bits per heavy atom. The Labute approximate surface area is 149 Å². The fraction of sp³-hybridized carbons (Fsp3) is 0.105. The fourth-order valence-corrected chi connectivity index (χ4v) is 2.99. The predicted octanol–water partition coefficient (Wildman–Crippen LogP) is 4.24. The number of aromatic nitrogens is 1. The molecule has 0 saturated heterocycles. The summed E-state index contributed by atoms with van der Waals surface area (Å²) in [5.74, 6) is -0.580. The third-order valence-electron chi connectivity index (χ3n) is 3.41. The van der Waals surface area contributed by atoms with Gasteiger partial charge >= 0.3 is 5.97 Å². The van der Waals surface area contributed by atoms with Gasteiger partial charge in [-0.25, -0.2) is 9.78 Å². The summed E-state index contributed by atoms with van der Waals surface area (Å²) >= 11 is 1.37. The monoisotopic (exact) mass is 352 g/mol. The summed E-state index contributed by atoms with van der Waals surface area (Å²) < 4.78 is 4.94. The van der Waals surface area contributed by atoms with Crippen molar-refractivity contribution in [2.24, 2.45) is 0 Å². The van der Waals surface area contributed by atoms with E-state index < -0.39 is 5.97 Å². The van der Waals surface area contributed by atoms with E-state index in [0.29, 0.717) is 23.6 Å². The van der Waals surface area contributed by atoms with Crippen LogP contribution in [0.1, 0.15) is 27.8 Å². The molecule has 2 aromatic carbocycles. The van der Waals surface area contributed by atoms with Crippen LogP contribution in [0.4, 0.5) is 5.69 Å². The van der Waals surface area contributed by atoms with Crippen molar-refractivity contribution in [2.45, 2.75) is 6.92 Å². The van der Waals surface area contributed by atoms with Crippen molar-refractivity contribution in [1.29, 1.82) is 0 Å². The maximum Gasteiger partial charge on any atom is 0.357 e. The normalized spacial score (nSPS) is 10.3. The number of rotatable bonds is 5. The smallest absolute Gasteiger partial charge is 0.357 e. The van der Waals surface area contributed by atoms with Gasteiger partial charge in [-0.3, -0.25) is 4.79 Å². The summed E-state index contributed by atoms with van der Waals surface area (Å²) in [4.78, 5) is 28.1. The van der Waals surface area contributed by atoms with E-state index in [4.69, 9.17) is 4.74 Å². The van der Waals surface area contributed by atoms with E-state index in [1.54, 1.807) is 24.4 Å². The average Bonchev–Trinajstić information content (AvgIpc) is 3.13. The van der Waals surface area contributed by atoms with Crippen LogP contribution < -0.4 is 5.32 Å². The van der Waals surface area contributed by atoms with Crippen LogP contribution in [-0.4, -0.2) is 23.5 Å². The summed E-state index contributed by atoms with van der Waals surface area (Å²) in [7, 11) is 0. The summed E-state index contributed by atoms with van der Waals surface area (Å²) in [6.45, 7) is 2.08. The van der Waals surface area contributed by atoms with Crippen molar-refractivity contribution >= 4 is 28.9 Å². The second-order valence-corrected chi connectivity index (χ2v) is 6.01. The lowest BCUT2D eigenvalue weighted by Crippen LogP contribution is -2.11. The molecule has 0 fully saturated rings. The first-order chi connectivity index (χ1) is 12.2. The minimum Gasteiger partial charge on any atom is -0.461 e. The third kappa shape index (κ3) is 4.10. The van der Waals surface area contributed by atoms with Crippen molar-refractivity contribution in [1.82, 2.24) is 4.98 Å². The predicted molar refractivity (Wildman–Crippen MR) is 97.9 cm³/mol. The standard InChI is InChI=1S/C19H16N2O3S/c1-2-24-19(23)16-12-25-18(21-16)14-8-10-15(11-9-14)20-17(22)13-6-4-3-5-7-13/h3-12H,2H2,1H3,(H,20,22). The van der Waals surface area contributed by atoms with Crippen LogP contribution in [0.25, 0.3) is 10.6 Å². The minimum absolute atomic E-state index is 0.160. The van der Waals surface area contributed by atoms with Crippen LogP contribution in [0.15, 0.2) is 60.0 Å². The highest BCUT2D eigenvalue weighted by Gasteiger charge is 2.13. The van der Waals surface area contributed by atoms with Crippen LogP contribution in [0.2, 0.25) is 0 Å². The number of benzene rings is 2. The number of nitrogens with zero attached hydrogens (tertiary/aromatic N) is 1. The van der Waals surface area contributed by atoms with E-state index >= 15 is 0 Å². The Morgan fingerprint density at radius 3 is 2.48 bits per heavy atom. The summed E-state index contributed by atoms with van der Waals surface area (Å²) in [6, 6.07) is 16.4. The molecule has 0 aliphatic heterocycles. The Morgan fingerprint density at radius 2 is 1.80 bits per heavy atom. The quantitative estimate of drug-likeness (QED) is 0.698. The van der Waals surface area contributed by atoms with Gasteiger partial charge in [0.15, 0.2) is 5.69 Å². The molecule has 6 heteroatoms. The van der Waals surface area contributed by atoms with Crippen molar-refractivity contribution < 1.29 is 14.3 Å². The zero-order chi connectivity index (χ0) is 17.6. The zero-order valence-corrected chi connectivity index (χ0v) is 14.4. The van der Waals surface area contributed by atoms with Crippen LogP contribution in [0.5, 0.6) is 0 Å². The number of ether oxygens (including phenoxy) is 1. The molecule has 1 aromatic heterocycles. The molecule has 0 saturated carbocycles. The van der Waals surface area contributed by atoms with Crippen molar-refractivity contribution in [3.63, 3.8) is 0 Å². The van der Waals surface area contributed by atoms with Crippen LogP contribution >= 0.6 is 11.3 Å². The van der Waals surface area contributed by atoms with Gasteiger partial charge in [-0.15, -0.1) is 11.3 Å². The first kappa shape index (κ1) is 16.9. The van der Waals surface area contributed by atoms with Gasteiger partial charge in [0.05, 0.1) is 6.61 Å². The molecule has 1 N–H and O–H groups in total. The molecule has 0 spiro atoms. The second kappa shape index (κ2) is 7.72. The molecule has 0 aliphatic carbocycles. The lowest BCUT2D eigenvalue weighted by molar-refractivity contribution is 0.0520. The number of hydrogen-bond acceptors (Lipinski definition) is 5. The Balaban J connectivity index is 1.70. The number of anilines is 1. The maximum absolute atomic E-state index is 12.1. The second-order valence-electron chi connectivity index (χ2n) is 5.16. The first-order valence-corrected chi connectivity index (χ1v) is 8.65. The Bertz CT molecular complexity index is 873. The molecule has 5 nitrogen and oxygen atoms in total. The van der Waals surface area contributed by atoms with Gasteiger partial charge < -0.3 is 10.1 Å². The molecule has 3 rings (SSSR count). The van der Waals surface area contributed by atoms with E-state index in [1.807, 2.05) is 42.5 Å². The first-order valence-electron chi connectivity index (χ1n) is 7.77. The van der Waals surface area contributed by atoms with Gasteiger partial charge in [-0.05, 0) is 43.3 Å². The van der Waals surface area contributed by atoms with E-state index in [9.17, 15) is 9.59 Å². The molecule has 0 unspecified atom stereocenters. The van der Waals surface area contributed by atoms with E-state index in [1.165, 1.54) is 11.3 Å². The SMILES string of the molecule is CCOC(=O)c1csc(-c2ccc(NC(=O)c3ccccc3)cc2)n1. The Hall–Kier alpha value is -2.99. The van der Waals surface area contributed by atoms with E-state index in [0.717, 1.165) is 10.6 Å². The topological polar surface area (TPSA) is 68.3 Å². The van der Waals surface area contributed by atoms with Gasteiger partial charge in [-0.2, -0.15) is 0 Å². The number of thiazole rings is 1. The van der Waals surface area contributed by atoms with Crippen LogP contribution in [0.3, 0.4) is 0 Å². The lowest BCUT2D eigenvalue weighted by atomic mass is 10.2. The summed E-state index contributed by atoms with van der Waals surface area (Å²) in [6.07, 6.45) is 0. The highest BCUT2D eigenvalue weighted by atomic mass is 32.1. The molecule has 1 heterocycles. The number of hydrogen-bond donors (Lipinski definition) is 1. The number of carbonyl (C=O) groups excluding carboxylic acids is 2. The molecule has 0 bridgehead atoms. The number of esters is 1. The molecule has 25 heavy (non-hydrogen) atoms. The van der Waals surface area contributed by atoms with Gasteiger partial charge in [0.2, 0.25) is 0 Å². The molecule has 3 aromatic rings. The van der Waals surface area contributed by atoms with Crippen molar-refractivity contribution in [2.75, 3.05) is 11.9 Å². The Kier molecular flexibility index (Phi) is 5.20. The summed E-state index contributed by atoms with van der Waals surface area (Å²) in [5.41, 5.74) is 2.48. The third-order valence-corrected chi connectivity index (χ3v) is 4.31. The lowest BCUT2D eigenvalue weighted by Gasteiger charge is -2.05. The van der Waals surface area contributed by atoms with Crippen LogP contribution in [-0.2, 0) is 4.74 Å². The van der Waals surface area contributed by atoms with E-state index in [2.05, 4.69) is 10.3 Å². The van der Waals surface area contributed by atoms with Crippen molar-refractivity contribution in [3.05, 3.63) is 71.2 Å². The summed E-state index contributed by atoms with van der Waals surface area (Å²) in [5, 5.41) is 5.25.